The molecule has 0 saturated heterocycles. The van der Waals surface area contributed by atoms with Crippen LogP contribution in [0.15, 0.2) is 9.90 Å². The first-order valence-corrected chi connectivity index (χ1v) is 6.15. The third kappa shape index (κ3) is 2.21. The number of thiazole rings is 1. The second kappa shape index (κ2) is 4.67. The van der Waals surface area contributed by atoms with E-state index in [1.807, 2.05) is 13.8 Å². The monoisotopic (exact) mass is 252 g/mol. The lowest BCUT2D eigenvalue weighted by atomic mass is 10.1. The minimum absolute atomic E-state index is 0.136. The van der Waals surface area contributed by atoms with Crippen LogP contribution in [0, 0.1) is 6.92 Å². The molecule has 90 valence electrons. The van der Waals surface area contributed by atoms with Gasteiger partial charge in [-0.15, -0.1) is 11.3 Å². The quantitative estimate of drug-likeness (QED) is 0.905. The fourth-order valence-electron chi connectivity index (χ4n) is 1.59. The summed E-state index contributed by atoms with van der Waals surface area (Å²) >= 11 is 1.46. The minimum Gasteiger partial charge on any atom is -0.477 e. The molecular formula is C11H12N2O3S. The Hall–Kier alpha value is -1.69. The highest BCUT2D eigenvalue weighted by Crippen LogP contribution is 2.27. The van der Waals surface area contributed by atoms with E-state index in [0.717, 1.165) is 11.4 Å². The second-order valence-electron chi connectivity index (χ2n) is 3.64. The van der Waals surface area contributed by atoms with E-state index in [1.54, 1.807) is 5.38 Å². The van der Waals surface area contributed by atoms with Gasteiger partial charge in [0.15, 0.2) is 5.76 Å². The number of hydrogen-bond donors (Lipinski definition) is 1. The van der Waals surface area contributed by atoms with Crippen LogP contribution in [0.4, 0.5) is 0 Å². The number of nitrogens with zero attached hydrogens (tertiary/aromatic N) is 2. The predicted octanol–water partition coefficient (Wildman–Crippen LogP) is 2.76. The Kier molecular flexibility index (Phi) is 3.23. The summed E-state index contributed by atoms with van der Waals surface area (Å²) in [5.41, 5.74) is 1.03. The zero-order chi connectivity index (χ0) is 12.4. The van der Waals surface area contributed by atoms with Gasteiger partial charge in [0.1, 0.15) is 17.0 Å². The highest BCUT2D eigenvalue weighted by Gasteiger charge is 2.24. The molecule has 5 nitrogen and oxygen atoms in total. The normalized spacial score (nSPS) is 10.7. The molecule has 0 spiro atoms. The zero-order valence-electron chi connectivity index (χ0n) is 9.56. The molecule has 0 unspecified atom stereocenters. The van der Waals surface area contributed by atoms with Gasteiger partial charge in [0.25, 0.3) is 0 Å². The van der Waals surface area contributed by atoms with E-state index in [1.165, 1.54) is 11.3 Å². The summed E-state index contributed by atoms with van der Waals surface area (Å²) in [6.07, 6.45) is 1.38. The number of hydrogen-bond acceptors (Lipinski definition) is 5. The molecule has 1 N–H and O–H groups in total. The van der Waals surface area contributed by atoms with Crippen molar-refractivity contribution in [3.63, 3.8) is 0 Å². The smallest absolute Gasteiger partial charge is 0.341 e. The molecular weight excluding hydrogens is 240 g/mol. The van der Waals surface area contributed by atoms with Crippen molar-refractivity contribution in [3.05, 3.63) is 21.7 Å². The summed E-state index contributed by atoms with van der Waals surface area (Å²) in [5.74, 6) is -0.601. The molecule has 0 amide bonds. The van der Waals surface area contributed by atoms with E-state index in [0.29, 0.717) is 23.6 Å². The van der Waals surface area contributed by atoms with Gasteiger partial charge in [0, 0.05) is 11.8 Å². The number of aromatic carboxylic acids is 1. The first-order valence-electron chi connectivity index (χ1n) is 5.27. The first-order chi connectivity index (χ1) is 8.13. The van der Waals surface area contributed by atoms with Crippen LogP contribution in [0.5, 0.6) is 0 Å². The predicted molar refractivity (Wildman–Crippen MR) is 63.3 cm³/mol. The van der Waals surface area contributed by atoms with E-state index >= 15 is 0 Å². The minimum atomic E-state index is -1.02. The average Bonchev–Trinajstić information content (AvgIpc) is 2.84. The second-order valence-corrected chi connectivity index (χ2v) is 4.70. The van der Waals surface area contributed by atoms with Crippen LogP contribution in [0.1, 0.15) is 34.5 Å². The van der Waals surface area contributed by atoms with Crippen molar-refractivity contribution in [2.24, 2.45) is 0 Å². The van der Waals surface area contributed by atoms with Gasteiger partial charge in [-0.1, -0.05) is 12.1 Å². The van der Waals surface area contributed by atoms with E-state index < -0.39 is 5.97 Å². The van der Waals surface area contributed by atoms with Crippen molar-refractivity contribution in [2.75, 3.05) is 0 Å². The van der Waals surface area contributed by atoms with Crippen LogP contribution >= 0.6 is 11.3 Å². The SMILES string of the molecule is CCCc1onc(-c2csc(C)n2)c1C(=O)O. The molecule has 0 saturated carbocycles. The number of aromatic nitrogens is 2. The highest BCUT2D eigenvalue weighted by atomic mass is 32.1. The molecule has 0 aromatic carbocycles. The molecule has 2 heterocycles. The molecule has 0 bridgehead atoms. The Bertz CT molecular complexity index is 545. The van der Waals surface area contributed by atoms with Gasteiger partial charge >= 0.3 is 5.97 Å². The maximum Gasteiger partial charge on any atom is 0.341 e. The summed E-state index contributed by atoms with van der Waals surface area (Å²) in [6, 6.07) is 0. The van der Waals surface area contributed by atoms with Gasteiger partial charge in [-0.05, 0) is 13.3 Å². The fraction of sp³-hybridized carbons (Fsp3) is 0.364. The fourth-order valence-corrected chi connectivity index (χ4v) is 2.19. The lowest BCUT2D eigenvalue weighted by molar-refractivity contribution is 0.0695. The van der Waals surface area contributed by atoms with Crippen molar-refractivity contribution < 1.29 is 14.4 Å². The Labute approximate surface area is 102 Å². The largest absolute Gasteiger partial charge is 0.477 e. The van der Waals surface area contributed by atoms with Crippen molar-refractivity contribution >= 4 is 17.3 Å². The van der Waals surface area contributed by atoms with Crippen LogP contribution in [0.3, 0.4) is 0 Å². The lowest BCUT2D eigenvalue weighted by Gasteiger charge is -1.95. The third-order valence-corrected chi connectivity index (χ3v) is 3.09. The number of carboxylic acids is 1. The molecule has 6 heteroatoms. The Morgan fingerprint density at radius 1 is 1.59 bits per heavy atom. The molecule has 2 rings (SSSR count). The summed E-state index contributed by atoms with van der Waals surface area (Å²) in [6.45, 7) is 3.82. The third-order valence-electron chi connectivity index (χ3n) is 2.32. The molecule has 0 aliphatic carbocycles. The van der Waals surface area contributed by atoms with Crippen LogP contribution in [0.25, 0.3) is 11.4 Å². The van der Waals surface area contributed by atoms with E-state index in [-0.39, 0.29) is 5.56 Å². The summed E-state index contributed by atoms with van der Waals surface area (Å²) in [5, 5.41) is 15.7. The van der Waals surface area contributed by atoms with Gasteiger partial charge in [-0.25, -0.2) is 9.78 Å². The molecule has 2 aromatic heterocycles. The highest BCUT2D eigenvalue weighted by molar-refractivity contribution is 7.09. The summed E-state index contributed by atoms with van der Waals surface area (Å²) < 4.78 is 5.09. The standard InChI is InChI=1S/C11H12N2O3S/c1-3-4-8-9(11(14)15)10(13-16-8)7-5-17-6(2)12-7/h5H,3-4H2,1-2H3,(H,14,15). The molecule has 0 aliphatic rings. The Morgan fingerprint density at radius 3 is 2.88 bits per heavy atom. The molecule has 0 atom stereocenters. The van der Waals surface area contributed by atoms with Crippen molar-refractivity contribution in [1.29, 1.82) is 0 Å². The molecule has 0 aliphatic heterocycles. The average molecular weight is 252 g/mol. The summed E-state index contributed by atoms with van der Waals surface area (Å²) in [4.78, 5) is 15.5. The zero-order valence-corrected chi connectivity index (χ0v) is 10.4. The molecule has 0 fully saturated rings. The van der Waals surface area contributed by atoms with Gasteiger partial charge in [0.2, 0.25) is 0 Å². The van der Waals surface area contributed by atoms with Gasteiger partial charge in [-0.3, -0.25) is 0 Å². The molecule has 2 aromatic rings. The molecule has 0 radical (unpaired) electrons. The topological polar surface area (TPSA) is 76.2 Å². The van der Waals surface area contributed by atoms with Gasteiger partial charge in [-0.2, -0.15) is 0 Å². The molecule has 17 heavy (non-hydrogen) atoms. The Balaban J connectivity index is 2.50. The maximum absolute atomic E-state index is 11.2. The van der Waals surface area contributed by atoms with Crippen molar-refractivity contribution in [3.8, 4) is 11.4 Å². The van der Waals surface area contributed by atoms with E-state index in [9.17, 15) is 9.90 Å². The van der Waals surface area contributed by atoms with Crippen LogP contribution in [-0.2, 0) is 6.42 Å². The maximum atomic E-state index is 11.2. The number of carboxylic acid groups (broad SMARTS) is 1. The van der Waals surface area contributed by atoms with Crippen molar-refractivity contribution in [1.82, 2.24) is 10.1 Å². The van der Waals surface area contributed by atoms with Crippen LogP contribution < -0.4 is 0 Å². The lowest BCUT2D eigenvalue weighted by Crippen LogP contribution is -2.01. The van der Waals surface area contributed by atoms with Crippen LogP contribution in [-0.4, -0.2) is 21.2 Å². The van der Waals surface area contributed by atoms with Gasteiger partial charge < -0.3 is 9.63 Å². The number of rotatable bonds is 4. The van der Waals surface area contributed by atoms with Crippen molar-refractivity contribution in [2.45, 2.75) is 26.7 Å². The van der Waals surface area contributed by atoms with Crippen LogP contribution in [0.2, 0.25) is 0 Å². The van der Waals surface area contributed by atoms with Gasteiger partial charge in [0.05, 0.1) is 5.01 Å². The summed E-state index contributed by atoms with van der Waals surface area (Å²) in [7, 11) is 0. The number of aryl methyl sites for hydroxylation is 2. The Morgan fingerprint density at radius 2 is 2.35 bits per heavy atom. The van der Waals surface area contributed by atoms with E-state index in [4.69, 9.17) is 4.52 Å². The van der Waals surface area contributed by atoms with E-state index in [2.05, 4.69) is 10.1 Å². The first kappa shape index (κ1) is 11.8. The number of carbonyl (C=O) groups is 1.